The average molecular weight is 366 g/mol. The number of aryl methyl sites for hydroxylation is 2. The monoisotopic (exact) mass is 365 g/mol. The maximum Gasteiger partial charge on any atom is 0.237 e. The lowest BCUT2D eigenvalue weighted by atomic mass is 9.96. The van der Waals surface area contributed by atoms with E-state index in [2.05, 4.69) is 11.4 Å². The maximum atomic E-state index is 12.5. The number of benzene rings is 1. The Labute approximate surface area is 159 Å². The van der Waals surface area contributed by atoms with E-state index >= 15 is 0 Å². The van der Waals surface area contributed by atoms with E-state index < -0.39 is 0 Å². The van der Waals surface area contributed by atoms with Crippen molar-refractivity contribution in [1.29, 1.82) is 5.26 Å². The molecule has 0 radical (unpaired) electrons. The van der Waals surface area contributed by atoms with Gasteiger partial charge in [0, 0.05) is 11.4 Å². The molecular formula is C21H23N3OS. The number of carbonyl (C=O) groups excluding carboxylic acids is 1. The van der Waals surface area contributed by atoms with Gasteiger partial charge in [0.2, 0.25) is 5.91 Å². The van der Waals surface area contributed by atoms with Crippen LogP contribution in [0.25, 0.3) is 0 Å². The predicted molar refractivity (Wildman–Crippen MR) is 105 cm³/mol. The Hall–Kier alpha value is -2.32. The Morgan fingerprint density at radius 1 is 1.19 bits per heavy atom. The molecule has 1 amide bonds. The third-order valence-corrected chi connectivity index (χ3v) is 5.69. The smallest absolute Gasteiger partial charge is 0.237 e. The summed E-state index contributed by atoms with van der Waals surface area (Å²) in [7, 11) is 0. The number of nitriles is 1. The minimum absolute atomic E-state index is 0.0846. The molecule has 4 nitrogen and oxygen atoms in total. The number of anilines is 1. The van der Waals surface area contributed by atoms with Gasteiger partial charge in [-0.3, -0.25) is 4.79 Å². The van der Waals surface area contributed by atoms with Crippen LogP contribution in [0.4, 0.5) is 5.69 Å². The van der Waals surface area contributed by atoms with Crippen molar-refractivity contribution in [3.05, 3.63) is 53.2 Å². The second-order valence-corrected chi connectivity index (χ2v) is 7.92. The molecule has 0 fully saturated rings. The summed E-state index contributed by atoms with van der Waals surface area (Å²) < 4.78 is 0. The van der Waals surface area contributed by atoms with E-state index in [1.54, 1.807) is 0 Å². The Balaban J connectivity index is 1.76. The van der Waals surface area contributed by atoms with Crippen molar-refractivity contribution in [2.24, 2.45) is 0 Å². The summed E-state index contributed by atoms with van der Waals surface area (Å²) in [6, 6.07) is 13.7. The molecule has 0 saturated heterocycles. The molecule has 0 spiro atoms. The lowest BCUT2D eigenvalue weighted by Crippen LogP contribution is -2.22. The van der Waals surface area contributed by atoms with Crippen LogP contribution in [-0.2, 0) is 17.6 Å². The van der Waals surface area contributed by atoms with Crippen molar-refractivity contribution < 1.29 is 4.79 Å². The number of thioether (sulfide) groups is 1. The molecule has 134 valence electrons. The van der Waals surface area contributed by atoms with Crippen molar-refractivity contribution in [3.8, 4) is 6.07 Å². The largest absolute Gasteiger partial charge is 0.325 e. The van der Waals surface area contributed by atoms with Crippen molar-refractivity contribution in [2.45, 2.75) is 55.7 Å². The van der Waals surface area contributed by atoms with Gasteiger partial charge in [-0.2, -0.15) is 5.26 Å². The first-order chi connectivity index (χ1) is 12.7. The minimum Gasteiger partial charge on any atom is -0.325 e. The summed E-state index contributed by atoms with van der Waals surface area (Å²) in [4.78, 5) is 17.2. The van der Waals surface area contributed by atoms with Gasteiger partial charge in [-0.05, 0) is 56.4 Å². The Morgan fingerprint density at radius 2 is 1.92 bits per heavy atom. The van der Waals surface area contributed by atoms with E-state index in [0.717, 1.165) is 37.1 Å². The van der Waals surface area contributed by atoms with Gasteiger partial charge in [-0.1, -0.05) is 42.8 Å². The minimum atomic E-state index is -0.332. The first-order valence-corrected chi connectivity index (χ1v) is 10.0. The molecule has 5 heteroatoms. The zero-order chi connectivity index (χ0) is 18.4. The number of carbonyl (C=O) groups is 1. The zero-order valence-corrected chi connectivity index (χ0v) is 15.8. The summed E-state index contributed by atoms with van der Waals surface area (Å²) in [5.41, 5.74) is 3.65. The van der Waals surface area contributed by atoms with Crippen LogP contribution in [0.5, 0.6) is 0 Å². The molecule has 1 aromatic heterocycles. The van der Waals surface area contributed by atoms with Gasteiger partial charge in [0.15, 0.2) is 0 Å². The molecule has 0 bridgehead atoms. The number of rotatable bonds is 4. The summed E-state index contributed by atoms with van der Waals surface area (Å²) in [5, 5.41) is 12.8. The van der Waals surface area contributed by atoms with Crippen LogP contribution in [-0.4, -0.2) is 16.1 Å². The second-order valence-electron chi connectivity index (χ2n) is 6.59. The van der Waals surface area contributed by atoms with Crippen molar-refractivity contribution >= 4 is 23.4 Å². The highest BCUT2D eigenvalue weighted by Gasteiger charge is 2.20. The van der Waals surface area contributed by atoms with Gasteiger partial charge < -0.3 is 5.32 Å². The summed E-state index contributed by atoms with van der Waals surface area (Å²) >= 11 is 1.36. The van der Waals surface area contributed by atoms with Gasteiger partial charge in [0.25, 0.3) is 0 Å². The molecule has 3 rings (SSSR count). The van der Waals surface area contributed by atoms with Crippen LogP contribution in [0.15, 0.2) is 41.4 Å². The van der Waals surface area contributed by atoms with Crippen LogP contribution in [0, 0.1) is 11.3 Å². The van der Waals surface area contributed by atoms with Crippen LogP contribution < -0.4 is 5.32 Å². The standard InChI is InChI=1S/C21H23N3OS/c1-15(20(25)23-18-10-6-4-7-11-18)26-21-17(14-22)13-16-9-5-2-3-8-12-19(16)24-21/h4,6-7,10-11,13,15H,2-3,5,8-9,12H2,1H3,(H,23,25). The molecule has 1 aromatic carbocycles. The van der Waals surface area contributed by atoms with Crippen molar-refractivity contribution in [2.75, 3.05) is 5.32 Å². The molecule has 1 aliphatic carbocycles. The predicted octanol–water partition coefficient (Wildman–Crippen LogP) is 4.73. The lowest BCUT2D eigenvalue weighted by Gasteiger charge is -2.17. The van der Waals surface area contributed by atoms with E-state index in [9.17, 15) is 10.1 Å². The number of nitrogens with zero attached hydrogens (tertiary/aromatic N) is 2. The molecule has 26 heavy (non-hydrogen) atoms. The van der Waals surface area contributed by atoms with Crippen LogP contribution >= 0.6 is 11.8 Å². The third kappa shape index (κ3) is 4.64. The lowest BCUT2D eigenvalue weighted by molar-refractivity contribution is -0.115. The SMILES string of the molecule is CC(Sc1nc2c(cc1C#N)CCCCCC2)C(=O)Nc1ccccc1. The quantitative estimate of drug-likeness (QED) is 0.795. The number of para-hydroxylation sites is 1. The van der Waals surface area contributed by atoms with Gasteiger partial charge in [-0.15, -0.1) is 0 Å². The fraction of sp³-hybridized carbons (Fsp3) is 0.381. The maximum absolute atomic E-state index is 12.5. The number of fused-ring (bicyclic) bond motifs is 1. The normalized spacial score (nSPS) is 15.1. The number of hydrogen-bond donors (Lipinski definition) is 1. The zero-order valence-electron chi connectivity index (χ0n) is 15.0. The molecule has 1 N–H and O–H groups in total. The number of pyridine rings is 1. The fourth-order valence-corrected chi connectivity index (χ4v) is 4.02. The van der Waals surface area contributed by atoms with E-state index in [4.69, 9.17) is 4.98 Å². The first-order valence-electron chi connectivity index (χ1n) is 9.13. The molecule has 1 aliphatic rings. The van der Waals surface area contributed by atoms with Crippen molar-refractivity contribution in [1.82, 2.24) is 4.98 Å². The van der Waals surface area contributed by atoms with Crippen LogP contribution in [0.3, 0.4) is 0 Å². The average Bonchev–Trinajstić information content (AvgIpc) is 2.63. The van der Waals surface area contributed by atoms with Crippen molar-refractivity contribution in [3.63, 3.8) is 0 Å². The molecule has 0 aliphatic heterocycles. The summed E-state index contributed by atoms with van der Waals surface area (Å²) in [5.74, 6) is -0.0846. The number of aromatic nitrogens is 1. The highest BCUT2D eigenvalue weighted by Crippen LogP contribution is 2.29. The van der Waals surface area contributed by atoms with Gasteiger partial charge in [0.05, 0.1) is 10.8 Å². The Bertz CT molecular complexity index is 814. The van der Waals surface area contributed by atoms with E-state index in [1.807, 2.05) is 43.3 Å². The fourth-order valence-electron chi connectivity index (χ4n) is 3.12. The summed E-state index contributed by atoms with van der Waals surface area (Å²) in [6.07, 6.45) is 6.72. The number of hydrogen-bond acceptors (Lipinski definition) is 4. The van der Waals surface area contributed by atoms with E-state index in [1.165, 1.54) is 30.2 Å². The molecular weight excluding hydrogens is 342 g/mol. The third-order valence-electron chi connectivity index (χ3n) is 4.59. The number of amides is 1. The highest BCUT2D eigenvalue weighted by atomic mass is 32.2. The molecule has 0 saturated carbocycles. The number of nitrogens with one attached hydrogen (secondary N) is 1. The molecule has 1 heterocycles. The topological polar surface area (TPSA) is 65.8 Å². The highest BCUT2D eigenvalue weighted by molar-refractivity contribution is 8.00. The van der Waals surface area contributed by atoms with Gasteiger partial charge >= 0.3 is 0 Å². The Kier molecular flexibility index (Phi) is 6.30. The molecule has 1 unspecified atom stereocenters. The van der Waals surface area contributed by atoms with Gasteiger partial charge in [0.1, 0.15) is 11.1 Å². The van der Waals surface area contributed by atoms with E-state index in [0.29, 0.717) is 10.6 Å². The molecule has 2 aromatic rings. The summed E-state index contributed by atoms with van der Waals surface area (Å²) in [6.45, 7) is 1.85. The van der Waals surface area contributed by atoms with E-state index in [-0.39, 0.29) is 11.2 Å². The second kappa shape index (κ2) is 8.86. The van der Waals surface area contributed by atoms with Crippen LogP contribution in [0.1, 0.15) is 49.4 Å². The first kappa shape index (κ1) is 18.5. The Morgan fingerprint density at radius 3 is 2.65 bits per heavy atom. The van der Waals surface area contributed by atoms with Crippen LogP contribution in [0.2, 0.25) is 0 Å². The molecule has 1 atom stereocenters. The van der Waals surface area contributed by atoms with Gasteiger partial charge in [-0.25, -0.2) is 4.98 Å².